The van der Waals surface area contributed by atoms with E-state index in [0.717, 1.165) is 33.9 Å². The van der Waals surface area contributed by atoms with E-state index in [1.54, 1.807) is 23.5 Å². The van der Waals surface area contributed by atoms with Crippen molar-refractivity contribution in [1.82, 2.24) is 9.97 Å². The molecular formula is C46H65N3O3S. The number of hydrogen-bond acceptors (Lipinski definition) is 6. The molecule has 288 valence electrons. The van der Waals surface area contributed by atoms with Crippen LogP contribution in [-0.4, -0.2) is 21.0 Å². The summed E-state index contributed by atoms with van der Waals surface area (Å²) in [6, 6.07) is 19.0. The van der Waals surface area contributed by atoms with Crippen LogP contribution >= 0.6 is 11.3 Å². The van der Waals surface area contributed by atoms with Crippen molar-refractivity contribution in [2.75, 3.05) is 0 Å². The number of allylic oxidation sites excluding steroid dienone is 2. The van der Waals surface area contributed by atoms with E-state index < -0.39 is 5.97 Å². The fourth-order valence-electron chi connectivity index (χ4n) is 5.36. The molecule has 0 aliphatic heterocycles. The molecule has 7 heteroatoms. The van der Waals surface area contributed by atoms with Gasteiger partial charge in [-0.15, -0.1) is 11.3 Å². The van der Waals surface area contributed by atoms with Gasteiger partial charge in [0.1, 0.15) is 6.61 Å². The number of nitriles is 1. The molecule has 0 radical (unpaired) electrons. The number of carbonyl (C=O) groups is 1. The second-order valence-corrected chi connectivity index (χ2v) is 14.7. The summed E-state index contributed by atoms with van der Waals surface area (Å²) in [5, 5.41) is 17.5. The monoisotopic (exact) mass is 739 g/mol. The fraction of sp³-hybridized carbons (Fsp3) is 0.478. The molecule has 6 nitrogen and oxygen atoms in total. The molecule has 0 saturated carbocycles. The summed E-state index contributed by atoms with van der Waals surface area (Å²) in [4.78, 5) is 20.6. The maximum atomic E-state index is 10.5. The minimum absolute atomic E-state index is 0.355. The molecule has 4 aromatic rings. The number of ether oxygens (including phenoxy) is 1. The lowest BCUT2D eigenvalue weighted by atomic mass is 9.94. The van der Waals surface area contributed by atoms with Gasteiger partial charge in [0.05, 0.1) is 22.7 Å². The Morgan fingerprint density at radius 3 is 2.21 bits per heavy atom. The summed E-state index contributed by atoms with van der Waals surface area (Å²) < 4.78 is 5.90. The molecule has 0 aliphatic carbocycles. The van der Waals surface area contributed by atoms with E-state index in [1.165, 1.54) is 68.2 Å². The van der Waals surface area contributed by atoms with E-state index in [0.29, 0.717) is 29.5 Å². The van der Waals surface area contributed by atoms with Crippen LogP contribution in [-0.2, 0) is 13.0 Å². The Kier molecular flexibility index (Phi) is 24.1. The van der Waals surface area contributed by atoms with Crippen molar-refractivity contribution in [3.8, 4) is 11.9 Å². The molecule has 0 spiro atoms. The first-order valence-electron chi connectivity index (χ1n) is 19.3. The van der Waals surface area contributed by atoms with Crippen LogP contribution in [0.25, 0.3) is 0 Å². The Morgan fingerprint density at radius 1 is 0.962 bits per heavy atom. The highest BCUT2D eigenvalue weighted by Gasteiger charge is 2.12. The molecule has 0 amide bonds. The summed E-state index contributed by atoms with van der Waals surface area (Å²) in [6.45, 7) is 21.8. The average Bonchev–Trinajstić information content (AvgIpc) is 3.69. The predicted octanol–water partition coefficient (Wildman–Crippen LogP) is 13.4. The van der Waals surface area contributed by atoms with Gasteiger partial charge in [0, 0.05) is 28.8 Å². The number of rotatable bonds is 15. The van der Waals surface area contributed by atoms with Gasteiger partial charge >= 0.3 is 5.97 Å². The molecule has 2 heterocycles. The number of carboxylic acids is 1. The summed E-state index contributed by atoms with van der Waals surface area (Å²) in [6.07, 6.45) is 15.2. The summed E-state index contributed by atoms with van der Waals surface area (Å²) in [7, 11) is 0. The number of aromatic carboxylic acids is 1. The number of aryl methyl sites for hydroxylation is 4. The Balaban J connectivity index is 0.000000400. The molecule has 2 aromatic carbocycles. The van der Waals surface area contributed by atoms with Crippen LogP contribution in [0.2, 0.25) is 0 Å². The third-order valence-electron chi connectivity index (χ3n) is 9.16. The molecule has 1 N–H and O–H groups in total. The number of aromatic nitrogens is 2. The molecule has 0 saturated heterocycles. The zero-order chi connectivity index (χ0) is 39.6. The number of hydrogen-bond donors (Lipinski definition) is 1. The van der Waals surface area contributed by atoms with Gasteiger partial charge in [-0.3, -0.25) is 4.98 Å². The number of unbranched alkanes of at least 4 members (excludes halogenated alkanes) is 1. The van der Waals surface area contributed by atoms with Crippen LogP contribution in [0.15, 0.2) is 78.0 Å². The third kappa shape index (κ3) is 19.4. The molecule has 2 aromatic heterocycles. The molecule has 53 heavy (non-hydrogen) atoms. The second kappa shape index (κ2) is 27.3. The number of thiazole rings is 1. The smallest absolute Gasteiger partial charge is 0.335 e. The molecule has 0 fully saturated rings. The SMILES string of the molecule is C/C=C(\C)CC(C)CC.CCCC(CCC)c1cccc(OCc2ccc(C#N)cc2C)n1.CCCCc1cncs1.Cc1ccc(C(=O)O)cc1C. The van der Waals surface area contributed by atoms with Crippen LogP contribution in [0.5, 0.6) is 5.88 Å². The van der Waals surface area contributed by atoms with Crippen molar-refractivity contribution in [2.45, 2.75) is 140 Å². The number of benzene rings is 2. The van der Waals surface area contributed by atoms with Crippen LogP contribution in [0.4, 0.5) is 0 Å². The molecule has 1 unspecified atom stereocenters. The van der Waals surface area contributed by atoms with E-state index in [2.05, 4.69) is 71.7 Å². The first kappa shape index (κ1) is 46.7. The molecule has 4 rings (SSSR count). The Labute approximate surface area is 325 Å². The summed E-state index contributed by atoms with van der Waals surface area (Å²) in [5.74, 6) is 1.18. The summed E-state index contributed by atoms with van der Waals surface area (Å²) in [5.41, 5.74) is 9.87. The highest BCUT2D eigenvalue weighted by molar-refractivity contribution is 7.09. The van der Waals surface area contributed by atoms with Crippen molar-refractivity contribution >= 4 is 17.3 Å². The Bertz CT molecular complexity index is 1670. The van der Waals surface area contributed by atoms with Crippen molar-refractivity contribution in [2.24, 2.45) is 5.92 Å². The lowest BCUT2D eigenvalue weighted by molar-refractivity contribution is 0.0696. The van der Waals surface area contributed by atoms with E-state index in [9.17, 15) is 4.79 Å². The minimum atomic E-state index is -0.867. The van der Waals surface area contributed by atoms with Crippen LogP contribution in [0, 0.1) is 38.0 Å². The van der Waals surface area contributed by atoms with Gasteiger partial charge in [-0.2, -0.15) is 5.26 Å². The van der Waals surface area contributed by atoms with Gasteiger partial charge in [-0.25, -0.2) is 9.78 Å². The largest absolute Gasteiger partial charge is 0.478 e. The highest BCUT2D eigenvalue weighted by atomic mass is 32.1. The highest BCUT2D eigenvalue weighted by Crippen LogP contribution is 2.26. The third-order valence-corrected chi connectivity index (χ3v) is 10.00. The Morgan fingerprint density at radius 2 is 1.68 bits per heavy atom. The van der Waals surface area contributed by atoms with Crippen LogP contribution in [0.1, 0.15) is 154 Å². The average molecular weight is 740 g/mol. The first-order chi connectivity index (χ1) is 25.4. The number of pyridine rings is 1. The van der Waals surface area contributed by atoms with Crippen molar-refractivity contribution in [3.05, 3.63) is 122 Å². The lowest BCUT2D eigenvalue weighted by Gasteiger charge is -2.16. The van der Waals surface area contributed by atoms with Crippen molar-refractivity contribution < 1.29 is 14.6 Å². The fourth-order valence-corrected chi connectivity index (χ4v) is 6.00. The Hall–Kier alpha value is -4.28. The van der Waals surface area contributed by atoms with Crippen molar-refractivity contribution in [1.29, 1.82) is 5.26 Å². The van der Waals surface area contributed by atoms with E-state index in [4.69, 9.17) is 20.1 Å². The van der Waals surface area contributed by atoms with Crippen LogP contribution < -0.4 is 4.74 Å². The lowest BCUT2D eigenvalue weighted by Crippen LogP contribution is -2.04. The van der Waals surface area contributed by atoms with Gasteiger partial charge < -0.3 is 9.84 Å². The maximum absolute atomic E-state index is 10.5. The van der Waals surface area contributed by atoms with Crippen molar-refractivity contribution in [3.63, 3.8) is 0 Å². The zero-order valence-electron chi connectivity index (χ0n) is 34.2. The molecule has 0 aliphatic rings. The topological polar surface area (TPSA) is 96.1 Å². The number of nitrogens with zero attached hydrogens (tertiary/aromatic N) is 3. The van der Waals surface area contributed by atoms with Gasteiger partial charge in [0.2, 0.25) is 5.88 Å². The van der Waals surface area contributed by atoms with Gasteiger partial charge in [-0.1, -0.05) is 90.2 Å². The molecule has 1 atom stereocenters. The maximum Gasteiger partial charge on any atom is 0.335 e. The van der Waals surface area contributed by atoms with Gasteiger partial charge in [0.25, 0.3) is 0 Å². The summed E-state index contributed by atoms with van der Waals surface area (Å²) >= 11 is 1.75. The van der Waals surface area contributed by atoms with Gasteiger partial charge in [-0.05, 0) is 125 Å². The second-order valence-electron chi connectivity index (χ2n) is 13.7. The van der Waals surface area contributed by atoms with E-state index in [1.807, 2.05) is 68.9 Å². The normalized spacial score (nSPS) is 11.2. The van der Waals surface area contributed by atoms with E-state index >= 15 is 0 Å². The quantitative estimate of drug-likeness (QED) is 0.122. The minimum Gasteiger partial charge on any atom is -0.478 e. The standard InChI is InChI=1S/C21H26N2O.C9H10O2.C9H18.C7H11NS/c1-4-7-18(8-5-2)20-9-6-10-21(23-20)24-15-19-12-11-17(14-22)13-16(19)3;1-6-3-4-8(9(10)11)5-7(6)2;1-5-8(3)7-9(4)6-2;1-2-3-4-7-5-8-6-9-7/h6,9-13,18H,4-5,7-8,15H2,1-3H3;3-5H,1-2H3,(H,10,11);5,9H,6-7H2,1-4H3;5-6H,2-4H2,1H3/b;;8-5+;. The predicted molar refractivity (Wildman–Crippen MR) is 224 cm³/mol. The number of carboxylic acid groups (broad SMARTS) is 1. The van der Waals surface area contributed by atoms with Crippen LogP contribution in [0.3, 0.4) is 0 Å². The van der Waals surface area contributed by atoms with Gasteiger partial charge in [0.15, 0.2) is 0 Å². The first-order valence-corrected chi connectivity index (χ1v) is 20.2. The molecule has 0 bridgehead atoms. The molecular weight excluding hydrogens is 675 g/mol. The zero-order valence-corrected chi connectivity index (χ0v) is 35.0. The van der Waals surface area contributed by atoms with E-state index in [-0.39, 0.29) is 0 Å².